The Morgan fingerprint density at radius 2 is 2.35 bits per heavy atom. The van der Waals surface area contributed by atoms with Crippen molar-refractivity contribution in [3.8, 4) is 0 Å². The molecule has 5 heteroatoms. The summed E-state index contributed by atoms with van der Waals surface area (Å²) in [5, 5.41) is 0. The number of rotatable bonds is 4. The molecule has 2 aliphatic rings. The van der Waals surface area contributed by atoms with Gasteiger partial charge in [0.25, 0.3) is 0 Å². The van der Waals surface area contributed by atoms with Crippen LogP contribution in [0.2, 0.25) is 0 Å². The van der Waals surface area contributed by atoms with Crippen molar-refractivity contribution in [2.45, 2.75) is 37.3 Å². The zero-order chi connectivity index (χ0) is 12.3. The molecule has 2 rings (SSSR count). The highest BCUT2D eigenvalue weighted by Crippen LogP contribution is 2.34. The Kier molecular flexibility index (Phi) is 4.36. The van der Waals surface area contributed by atoms with Gasteiger partial charge in [-0.05, 0) is 19.9 Å². The van der Waals surface area contributed by atoms with E-state index in [-0.39, 0.29) is 5.60 Å². The number of hydrogen-bond acceptors (Lipinski definition) is 4. The van der Waals surface area contributed by atoms with E-state index in [1.54, 1.807) is 0 Å². The van der Waals surface area contributed by atoms with Crippen LogP contribution in [0.15, 0.2) is 0 Å². The highest BCUT2D eigenvalue weighted by atomic mass is 32.1. The summed E-state index contributed by atoms with van der Waals surface area (Å²) < 4.78 is 11.4. The summed E-state index contributed by atoms with van der Waals surface area (Å²) in [6.07, 6.45) is 4.00. The first-order valence-corrected chi connectivity index (χ1v) is 6.72. The maximum atomic E-state index is 5.93. The molecule has 0 aromatic carbocycles. The number of hydrogen-bond donors (Lipinski definition) is 1. The smallest absolute Gasteiger partial charge is 0.0951 e. The molecule has 2 unspecified atom stereocenters. The standard InChI is InChI=1S/C12H22N2O2S/c1-14(5-2-11(13)17)10-3-6-16-12(8-10)4-7-15-9-12/h10H,2-9H2,1H3,(H2,13,17). The highest BCUT2D eigenvalue weighted by molar-refractivity contribution is 7.80. The molecule has 2 heterocycles. The van der Waals surface area contributed by atoms with Gasteiger partial charge in [0.1, 0.15) is 0 Å². The Morgan fingerprint density at radius 3 is 3.00 bits per heavy atom. The van der Waals surface area contributed by atoms with Gasteiger partial charge in [0.05, 0.1) is 17.2 Å². The first-order chi connectivity index (χ1) is 8.11. The van der Waals surface area contributed by atoms with E-state index in [4.69, 9.17) is 27.4 Å². The van der Waals surface area contributed by atoms with Gasteiger partial charge in [-0.1, -0.05) is 12.2 Å². The van der Waals surface area contributed by atoms with Crippen LogP contribution in [0.5, 0.6) is 0 Å². The van der Waals surface area contributed by atoms with Crippen molar-refractivity contribution in [3.05, 3.63) is 0 Å². The fraction of sp³-hybridized carbons (Fsp3) is 0.917. The topological polar surface area (TPSA) is 47.7 Å². The number of nitrogens with zero attached hydrogens (tertiary/aromatic N) is 1. The summed E-state index contributed by atoms with van der Waals surface area (Å²) in [5.41, 5.74) is 5.53. The van der Waals surface area contributed by atoms with E-state index in [0.29, 0.717) is 11.0 Å². The minimum absolute atomic E-state index is 0.0135. The summed E-state index contributed by atoms with van der Waals surface area (Å²) in [6, 6.07) is 0.569. The Bertz CT molecular complexity index is 280. The van der Waals surface area contributed by atoms with Gasteiger partial charge in [0, 0.05) is 38.6 Å². The molecule has 2 aliphatic heterocycles. The van der Waals surface area contributed by atoms with Crippen molar-refractivity contribution in [1.29, 1.82) is 0 Å². The predicted molar refractivity (Wildman–Crippen MR) is 71.2 cm³/mol. The zero-order valence-electron chi connectivity index (χ0n) is 10.5. The van der Waals surface area contributed by atoms with Crippen LogP contribution in [-0.2, 0) is 9.47 Å². The average molecular weight is 258 g/mol. The molecule has 0 aromatic heterocycles. The van der Waals surface area contributed by atoms with E-state index >= 15 is 0 Å². The van der Waals surface area contributed by atoms with E-state index in [2.05, 4.69) is 11.9 Å². The lowest BCUT2D eigenvalue weighted by atomic mass is 9.89. The Labute approximate surface area is 108 Å². The molecule has 0 saturated carbocycles. The van der Waals surface area contributed by atoms with Gasteiger partial charge in [0.15, 0.2) is 0 Å². The largest absolute Gasteiger partial charge is 0.393 e. The van der Waals surface area contributed by atoms with Gasteiger partial charge in [-0.15, -0.1) is 0 Å². The molecule has 2 N–H and O–H groups in total. The Hall–Kier alpha value is -0.230. The van der Waals surface area contributed by atoms with Gasteiger partial charge < -0.3 is 20.1 Å². The van der Waals surface area contributed by atoms with Crippen LogP contribution in [0, 0.1) is 0 Å². The molecule has 2 fully saturated rings. The second kappa shape index (κ2) is 5.61. The quantitative estimate of drug-likeness (QED) is 0.760. The van der Waals surface area contributed by atoms with E-state index in [1.807, 2.05) is 0 Å². The lowest BCUT2D eigenvalue weighted by molar-refractivity contribution is -0.103. The highest BCUT2D eigenvalue weighted by Gasteiger charge is 2.41. The van der Waals surface area contributed by atoms with Crippen LogP contribution in [0.25, 0.3) is 0 Å². The van der Waals surface area contributed by atoms with E-state index in [9.17, 15) is 0 Å². The van der Waals surface area contributed by atoms with Gasteiger partial charge in [0.2, 0.25) is 0 Å². The third-order valence-electron chi connectivity index (χ3n) is 3.87. The maximum absolute atomic E-state index is 5.93. The predicted octanol–water partition coefficient (Wildman–Crippen LogP) is 0.933. The van der Waals surface area contributed by atoms with Crippen LogP contribution < -0.4 is 5.73 Å². The fourth-order valence-electron chi connectivity index (χ4n) is 2.71. The van der Waals surface area contributed by atoms with Crippen LogP contribution in [0.3, 0.4) is 0 Å². The van der Waals surface area contributed by atoms with Crippen molar-refractivity contribution in [1.82, 2.24) is 4.90 Å². The Balaban J connectivity index is 1.85. The fourth-order valence-corrected chi connectivity index (χ4v) is 2.80. The second-order valence-corrected chi connectivity index (χ2v) is 5.70. The molecule has 2 atom stereocenters. The Morgan fingerprint density at radius 1 is 1.53 bits per heavy atom. The van der Waals surface area contributed by atoms with Crippen molar-refractivity contribution in [3.63, 3.8) is 0 Å². The summed E-state index contributed by atoms with van der Waals surface area (Å²) in [4.78, 5) is 2.96. The molecule has 0 aliphatic carbocycles. The normalized spacial score (nSPS) is 33.4. The third kappa shape index (κ3) is 3.37. The molecule has 0 aromatic rings. The number of nitrogens with two attached hydrogens (primary N) is 1. The molecule has 1 spiro atoms. The molecule has 2 saturated heterocycles. The van der Waals surface area contributed by atoms with Crippen molar-refractivity contribution < 1.29 is 9.47 Å². The molecule has 0 bridgehead atoms. The SMILES string of the molecule is CN(CCC(N)=S)C1CCOC2(CCOC2)C1. The molecule has 0 amide bonds. The van der Waals surface area contributed by atoms with Crippen molar-refractivity contribution >= 4 is 17.2 Å². The maximum Gasteiger partial charge on any atom is 0.0951 e. The summed E-state index contributed by atoms with van der Waals surface area (Å²) >= 11 is 4.92. The molecular formula is C12H22N2O2S. The van der Waals surface area contributed by atoms with Gasteiger partial charge in [-0.3, -0.25) is 0 Å². The van der Waals surface area contributed by atoms with Crippen LogP contribution >= 0.6 is 12.2 Å². The number of ether oxygens (including phenoxy) is 2. The van der Waals surface area contributed by atoms with Crippen molar-refractivity contribution in [2.75, 3.05) is 33.4 Å². The third-order valence-corrected chi connectivity index (χ3v) is 4.07. The second-order valence-electron chi connectivity index (χ2n) is 5.18. The minimum atomic E-state index is -0.0135. The number of thiocarbonyl (C=S) groups is 1. The van der Waals surface area contributed by atoms with Crippen molar-refractivity contribution in [2.24, 2.45) is 5.73 Å². The minimum Gasteiger partial charge on any atom is -0.393 e. The average Bonchev–Trinajstić information content (AvgIpc) is 2.74. The van der Waals surface area contributed by atoms with Gasteiger partial charge >= 0.3 is 0 Å². The van der Waals surface area contributed by atoms with Crippen LogP contribution in [0.4, 0.5) is 0 Å². The van der Waals surface area contributed by atoms with E-state index < -0.39 is 0 Å². The molecule has 98 valence electrons. The summed E-state index contributed by atoms with van der Waals surface area (Å²) in [5.74, 6) is 0. The van der Waals surface area contributed by atoms with Crippen LogP contribution in [0.1, 0.15) is 25.7 Å². The monoisotopic (exact) mass is 258 g/mol. The van der Waals surface area contributed by atoms with Gasteiger partial charge in [-0.2, -0.15) is 0 Å². The molecule has 17 heavy (non-hydrogen) atoms. The first-order valence-electron chi connectivity index (χ1n) is 6.32. The first kappa shape index (κ1) is 13.2. The molecular weight excluding hydrogens is 236 g/mol. The van der Waals surface area contributed by atoms with Gasteiger partial charge in [-0.25, -0.2) is 0 Å². The molecule has 0 radical (unpaired) electrons. The summed E-state index contributed by atoms with van der Waals surface area (Å²) in [7, 11) is 2.15. The van der Waals surface area contributed by atoms with E-state index in [1.165, 1.54) is 0 Å². The lowest BCUT2D eigenvalue weighted by Gasteiger charge is -2.40. The van der Waals surface area contributed by atoms with Crippen LogP contribution in [-0.4, -0.2) is 54.9 Å². The zero-order valence-corrected chi connectivity index (χ0v) is 11.3. The molecule has 4 nitrogen and oxygen atoms in total. The lowest BCUT2D eigenvalue weighted by Crippen LogP contribution is -2.48. The summed E-state index contributed by atoms with van der Waals surface area (Å²) in [6.45, 7) is 3.37. The van der Waals surface area contributed by atoms with E-state index in [0.717, 1.165) is 52.0 Å².